The standard InChI is InChI=1S/C18H20O4S/c1-12-7-8-15(9-13(12)2)21-10-16-14(11-23)5-4-6-17(16)22-18(19)20-3/h4-9,23H,10-11H2,1-3H3. The molecule has 0 saturated carbocycles. The second-order valence-corrected chi connectivity index (χ2v) is 5.46. The van der Waals surface area contributed by atoms with Crippen molar-refractivity contribution >= 4 is 18.8 Å². The molecule has 0 bridgehead atoms. The van der Waals surface area contributed by atoms with Crippen LogP contribution >= 0.6 is 12.6 Å². The molecule has 0 atom stereocenters. The molecule has 0 amide bonds. The highest BCUT2D eigenvalue weighted by Crippen LogP contribution is 2.26. The summed E-state index contributed by atoms with van der Waals surface area (Å²) in [5.74, 6) is 1.71. The van der Waals surface area contributed by atoms with Crippen LogP contribution in [0, 0.1) is 13.8 Å². The van der Waals surface area contributed by atoms with E-state index in [0.29, 0.717) is 11.5 Å². The maximum atomic E-state index is 11.4. The fourth-order valence-electron chi connectivity index (χ4n) is 2.11. The number of carbonyl (C=O) groups excluding carboxylic acids is 1. The van der Waals surface area contributed by atoms with E-state index in [2.05, 4.69) is 24.3 Å². The molecule has 5 heteroatoms. The fourth-order valence-corrected chi connectivity index (χ4v) is 2.41. The highest BCUT2D eigenvalue weighted by Gasteiger charge is 2.13. The van der Waals surface area contributed by atoms with Crippen LogP contribution in [-0.4, -0.2) is 13.3 Å². The van der Waals surface area contributed by atoms with Crippen molar-refractivity contribution in [2.24, 2.45) is 0 Å². The first kappa shape index (κ1) is 17.2. The van der Waals surface area contributed by atoms with Crippen LogP contribution in [0.5, 0.6) is 11.5 Å². The minimum absolute atomic E-state index is 0.283. The molecular weight excluding hydrogens is 312 g/mol. The molecule has 23 heavy (non-hydrogen) atoms. The number of ether oxygens (including phenoxy) is 3. The molecule has 0 aliphatic heterocycles. The zero-order valence-corrected chi connectivity index (χ0v) is 14.4. The van der Waals surface area contributed by atoms with Crippen molar-refractivity contribution in [1.29, 1.82) is 0 Å². The van der Waals surface area contributed by atoms with Gasteiger partial charge in [-0.05, 0) is 48.7 Å². The molecule has 0 radical (unpaired) electrons. The van der Waals surface area contributed by atoms with Crippen LogP contribution in [-0.2, 0) is 17.1 Å². The van der Waals surface area contributed by atoms with E-state index < -0.39 is 6.16 Å². The van der Waals surface area contributed by atoms with Gasteiger partial charge < -0.3 is 14.2 Å². The second-order valence-electron chi connectivity index (χ2n) is 5.14. The zero-order chi connectivity index (χ0) is 16.8. The molecule has 0 aliphatic carbocycles. The lowest BCUT2D eigenvalue weighted by Gasteiger charge is -2.14. The number of rotatable bonds is 5. The van der Waals surface area contributed by atoms with Gasteiger partial charge in [0.1, 0.15) is 18.1 Å². The van der Waals surface area contributed by atoms with E-state index in [1.807, 2.05) is 37.3 Å². The molecule has 4 nitrogen and oxygen atoms in total. The van der Waals surface area contributed by atoms with E-state index >= 15 is 0 Å². The van der Waals surface area contributed by atoms with Gasteiger partial charge in [-0.15, -0.1) is 0 Å². The predicted octanol–water partition coefficient (Wildman–Crippen LogP) is 4.46. The van der Waals surface area contributed by atoms with E-state index in [9.17, 15) is 4.79 Å². The molecular formula is C18H20O4S. The third-order valence-electron chi connectivity index (χ3n) is 3.62. The minimum atomic E-state index is -0.756. The predicted molar refractivity (Wildman–Crippen MR) is 92.4 cm³/mol. The fraction of sp³-hybridized carbons (Fsp3) is 0.278. The van der Waals surface area contributed by atoms with Crippen LogP contribution in [0.2, 0.25) is 0 Å². The van der Waals surface area contributed by atoms with Crippen LogP contribution in [0.1, 0.15) is 22.3 Å². The van der Waals surface area contributed by atoms with E-state index in [0.717, 1.165) is 22.4 Å². The number of hydrogen-bond donors (Lipinski definition) is 1. The molecule has 0 heterocycles. The molecule has 0 fully saturated rings. The topological polar surface area (TPSA) is 44.8 Å². The summed E-state index contributed by atoms with van der Waals surface area (Å²) in [6, 6.07) is 11.4. The number of benzene rings is 2. The lowest BCUT2D eigenvalue weighted by molar-refractivity contribution is 0.120. The lowest BCUT2D eigenvalue weighted by Crippen LogP contribution is -2.11. The first-order chi connectivity index (χ1) is 11.0. The third-order valence-corrected chi connectivity index (χ3v) is 3.96. The van der Waals surface area contributed by atoms with Crippen LogP contribution < -0.4 is 9.47 Å². The average Bonchev–Trinajstić information content (AvgIpc) is 2.56. The second kappa shape index (κ2) is 7.92. The van der Waals surface area contributed by atoms with Gasteiger partial charge in [0.2, 0.25) is 0 Å². The first-order valence-corrected chi connectivity index (χ1v) is 7.86. The van der Waals surface area contributed by atoms with Crippen molar-refractivity contribution in [1.82, 2.24) is 0 Å². The van der Waals surface area contributed by atoms with Crippen LogP contribution in [0.3, 0.4) is 0 Å². The van der Waals surface area contributed by atoms with Crippen LogP contribution in [0.15, 0.2) is 36.4 Å². The largest absolute Gasteiger partial charge is 0.513 e. The number of aryl methyl sites for hydroxylation is 2. The molecule has 0 unspecified atom stereocenters. The Balaban J connectivity index is 2.22. The van der Waals surface area contributed by atoms with Gasteiger partial charge in [-0.25, -0.2) is 4.79 Å². The Kier molecular flexibility index (Phi) is 5.93. The maximum Gasteiger partial charge on any atom is 0.513 e. The summed E-state index contributed by atoms with van der Waals surface area (Å²) in [5.41, 5.74) is 4.10. The Bertz CT molecular complexity index is 697. The normalized spacial score (nSPS) is 10.3. The van der Waals surface area contributed by atoms with Gasteiger partial charge >= 0.3 is 6.16 Å². The average molecular weight is 332 g/mol. The Morgan fingerprint density at radius 3 is 2.57 bits per heavy atom. The molecule has 0 aliphatic rings. The van der Waals surface area contributed by atoms with Crippen molar-refractivity contribution in [2.45, 2.75) is 26.2 Å². The smallest absolute Gasteiger partial charge is 0.489 e. The summed E-state index contributed by atoms with van der Waals surface area (Å²) in [4.78, 5) is 11.4. The molecule has 0 saturated heterocycles. The lowest BCUT2D eigenvalue weighted by atomic mass is 10.1. The van der Waals surface area contributed by atoms with Crippen molar-refractivity contribution in [3.8, 4) is 11.5 Å². The van der Waals surface area contributed by atoms with E-state index in [1.165, 1.54) is 12.7 Å². The number of carbonyl (C=O) groups is 1. The Hall–Kier alpha value is -2.14. The molecule has 2 rings (SSSR count). The molecule has 2 aromatic rings. The highest BCUT2D eigenvalue weighted by atomic mass is 32.1. The van der Waals surface area contributed by atoms with Gasteiger partial charge in [0.05, 0.1) is 7.11 Å². The highest BCUT2D eigenvalue weighted by molar-refractivity contribution is 7.79. The Morgan fingerprint density at radius 1 is 1.13 bits per heavy atom. The molecule has 0 N–H and O–H groups in total. The van der Waals surface area contributed by atoms with Gasteiger partial charge in [0.15, 0.2) is 0 Å². The van der Waals surface area contributed by atoms with Crippen LogP contribution in [0.25, 0.3) is 0 Å². The van der Waals surface area contributed by atoms with Gasteiger partial charge in [-0.2, -0.15) is 12.6 Å². The van der Waals surface area contributed by atoms with Gasteiger partial charge in [-0.3, -0.25) is 0 Å². The molecule has 0 aromatic heterocycles. The minimum Gasteiger partial charge on any atom is -0.489 e. The quantitative estimate of drug-likeness (QED) is 0.499. The molecule has 0 spiro atoms. The summed E-state index contributed by atoms with van der Waals surface area (Å²) in [5, 5.41) is 0. The first-order valence-electron chi connectivity index (χ1n) is 7.22. The number of methoxy groups -OCH3 is 1. The van der Waals surface area contributed by atoms with E-state index in [4.69, 9.17) is 9.47 Å². The summed E-state index contributed by atoms with van der Waals surface area (Å²) in [6.07, 6.45) is -0.756. The Labute approximate surface area is 141 Å². The van der Waals surface area contributed by atoms with E-state index in [1.54, 1.807) is 6.07 Å². The summed E-state index contributed by atoms with van der Waals surface area (Å²) in [7, 11) is 1.27. The van der Waals surface area contributed by atoms with Crippen molar-refractivity contribution < 1.29 is 19.0 Å². The summed E-state index contributed by atoms with van der Waals surface area (Å²) >= 11 is 4.32. The number of thiol groups is 1. The van der Waals surface area contributed by atoms with Gasteiger partial charge in [0.25, 0.3) is 0 Å². The summed E-state index contributed by atoms with van der Waals surface area (Å²) < 4.78 is 15.6. The van der Waals surface area contributed by atoms with Crippen molar-refractivity contribution in [2.75, 3.05) is 7.11 Å². The number of hydrogen-bond acceptors (Lipinski definition) is 5. The van der Waals surface area contributed by atoms with E-state index in [-0.39, 0.29) is 6.61 Å². The van der Waals surface area contributed by atoms with Crippen molar-refractivity contribution in [3.63, 3.8) is 0 Å². The summed E-state index contributed by atoms with van der Waals surface area (Å²) in [6.45, 7) is 4.37. The molecule has 2 aromatic carbocycles. The zero-order valence-electron chi connectivity index (χ0n) is 13.5. The SMILES string of the molecule is COC(=O)Oc1cccc(CS)c1COc1ccc(C)c(C)c1. The molecule has 122 valence electrons. The van der Waals surface area contributed by atoms with Gasteiger partial charge in [0, 0.05) is 11.3 Å². The van der Waals surface area contributed by atoms with Gasteiger partial charge in [-0.1, -0.05) is 18.2 Å². The monoisotopic (exact) mass is 332 g/mol. The third kappa shape index (κ3) is 4.42. The van der Waals surface area contributed by atoms with Crippen LogP contribution in [0.4, 0.5) is 4.79 Å². The van der Waals surface area contributed by atoms with Crippen molar-refractivity contribution in [3.05, 3.63) is 58.7 Å². The maximum absolute atomic E-state index is 11.4. The Morgan fingerprint density at radius 2 is 1.91 bits per heavy atom.